The van der Waals surface area contributed by atoms with Crippen molar-refractivity contribution in [2.45, 2.75) is 45.6 Å². The number of nitrogens with zero attached hydrogens (tertiary/aromatic N) is 1. The fourth-order valence-corrected chi connectivity index (χ4v) is 4.11. The zero-order valence-corrected chi connectivity index (χ0v) is 22.1. The highest BCUT2D eigenvalue weighted by molar-refractivity contribution is 6.35. The molecule has 0 aliphatic rings. The number of carbonyl (C=O) groups excluding carboxylic acids is 1. The molecule has 5 nitrogen and oxygen atoms in total. The Morgan fingerprint density at radius 3 is 2.11 bits per heavy atom. The molecule has 0 radical (unpaired) electrons. The molecule has 2 N–H and O–H groups in total. The van der Waals surface area contributed by atoms with Crippen LogP contribution in [0, 0.1) is 0 Å². The Balaban J connectivity index is 1.83. The molecule has 0 aromatic heterocycles. The molecule has 0 fully saturated rings. The second-order valence-electron chi connectivity index (χ2n) is 9.55. The van der Waals surface area contributed by atoms with Gasteiger partial charge in [0.2, 0.25) is 0 Å². The number of benzene rings is 3. The van der Waals surface area contributed by atoms with Crippen LogP contribution in [0.15, 0.2) is 72.8 Å². The molecule has 188 valence electrons. The van der Waals surface area contributed by atoms with Crippen molar-refractivity contribution in [3.63, 3.8) is 0 Å². The number of amides is 2. The molecule has 3 aromatic carbocycles. The smallest absolute Gasteiger partial charge is 0.326 e. The van der Waals surface area contributed by atoms with Crippen LogP contribution in [0.4, 0.5) is 16.2 Å². The second-order valence-corrected chi connectivity index (χ2v) is 10.4. The number of carboxylic acid groups (broad SMARTS) is 1. The minimum absolute atomic E-state index is 0.00301. The molecule has 0 spiro atoms. The molecule has 3 rings (SSSR count). The lowest BCUT2D eigenvalue weighted by atomic mass is 9.87. The summed E-state index contributed by atoms with van der Waals surface area (Å²) >= 11 is 12.2. The van der Waals surface area contributed by atoms with Crippen LogP contribution in [0.5, 0.6) is 0 Å². The molecule has 0 atom stereocenters. The van der Waals surface area contributed by atoms with Gasteiger partial charge in [0.1, 0.15) is 0 Å². The zero-order chi connectivity index (χ0) is 26.3. The van der Waals surface area contributed by atoms with Crippen LogP contribution in [0.1, 0.15) is 50.3 Å². The molecule has 3 aromatic rings. The minimum Gasteiger partial charge on any atom is -0.481 e. The number of carbonyl (C=O) groups is 2. The van der Waals surface area contributed by atoms with Gasteiger partial charge in [-0.25, -0.2) is 4.79 Å². The van der Waals surface area contributed by atoms with Crippen LogP contribution < -0.4 is 10.2 Å². The fraction of sp³-hybridized carbons (Fsp3) is 0.241. The molecule has 0 aliphatic carbocycles. The number of nitrogens with one attached hydrogen (secondary N) is 1. The minimum atomic E-state index is -0.816. The molecule has 0 heterocycles. The maximum Gasteiger partial charge on any atom is 0.326 e. The van der Waals surface area contributed by atoms with E-state index < -0.39 is 5.97 Å². The molecule has 36 heavy (non-hydrogen) atoms. The van der Waals surface area contributed by atoms with Crippen LogP contribution in [0.25, 0.3) is 6.08 Å². The van der Waals surface area contributed by atoms with Crippen molar-refractivity contribution in [1.29, 1.82) is 0 Å². The Kier molecular flexibility index (Phi) is 9.19. The Morgan fingerprint density at radius 1 is 0.944 bits per heavy atom. The summed E-state index contributed by atoms with van der Waals surface area (Å²) in [5.41, 5.74) is 4.34. The lowest BCUT2D eigenvalue weighted by molar-refractivity contribution is -0.136. The SMILES string of the molecule is CC(C)(C)c1ccc(N(Cc2ccc(/C=C/CCC(=O)O)cc2)C(=O)Nc2cc(Cl)cc(Cl)c2)cc1. The lowest BCUT2D eigenvalue weighted by Crippen LogP contribution is -2.34. The monoisotopic (exact) mass is 524 g/mol. The van der Waals surface area contributed by atoms with Crippen molar-refractivity contribution in [3.8, 4) is 0 Å². The number of urea groups is 1. The van der Waals surface area contributed by atoms with Crippen molar-refractivity contribution in [2.24, 2.45) is 0 Å². The van der Waals surface area contributed by atoms with Crippen molar-refractivity contribution >= 4 is 52.7 Å². The number of hydrogen-bond acceptors (Lipinski definition) is 2. The van der Waals surface area contributed by atoms with E-state index in [2.05, 4.69) is 26.1 Å². The lowest BCUT2D eigenvalue weighted by Gasteiger charge is -2.25. The topological polar surface area (TPSA) is 69.6 Å². The van der Waals surface area contributed by atoms with Crippen LogP contribution >= 0.6 is 23.2 Å². The molecule has 0 saturated carbocycles. The number of allylic oxidation sites excluding steroid dienone is 1. The zero-order valence-electron chi connectivity index (χ0n) is 20.6. The molecular formula is C29H30Cl2N2O3. The number of aliphatic carboxylic acids is 1. The summed E-state index contributed by atoms with van der Waals surface area (Å²) in [6.45, 7) is 6.78. The highest BCUT2D eigenvalue weighted by Gasteiger charge is 2.19. The van der Waals surface area contributed by atoms with Gasteiger partial charge in [0, 0.05) is 27.8 Å². The normalized spacial score (nSPS) is 11.5. The summed E-state index contributed by atoms with van der Waals surface area (Å²) in [4.78, 5) is 25.7. The highest BCUT2D eigenvalue weighted by atomic mass is 35.5. The van der Waals surface area contributed by atoms with Gasteiger partial charge in [0.15, 0.2) is 0 Å². The third-order valence-electron chi connectivity index (χ3n) is 5.56. The molecule has 0 aliphatic heterocycles. The Morgan fingerprint density at radius 2 is 1.56 bits per heavy atom. The van der Waals surface area contributed by atoms with Crippen molar-refractivity contribution in [1.82, 2.24) is 0 Å². The first-order valence-electron chi connectivity index (χ1n) is 11.6. The van der Waals surface area contributed by atoms with Gasteiger partial charge in [-0.15, -0.1) is 0 Å². The van der Waals surface area contributed by atoms with Crippen LogP contribution in [-0.4, -0.2) is 17.1 Å². The van der Waals surface area contributed by atoms with E-state index in [0.29, 0.717) is 28.7 Å². The standard InChI is InChI=1S/C29H30Cl2N2O3/c1-29(2,3)22-12-14-26(15-13-22)33(28(36)32-25-17-23(30)16-24(31)18-25)19-21-10-8-20(9-11-21)6-4-5-7-27(34)35/h4,6,8-18H,5,7,19H2,1-3H3,(H,32,36)(H,34,35)/b6-4+. The predicted molar refractivity (Wildman–Crippen MR) is 149 cm³/mol. The summed E-state index contributed by atoms with van der Waals surface area (Å²) in [6, 6.07) is 20.4. The second kappa shape index (κ2) is 12.1. The summed E-state index contributed by atoms with van der Waals surface area (Å²) in [5.74, 6) is -0.816. The van der Waals surface area contributed by atoms with Gasteiger partial charge in [0.05, 0.1) is 6.54 Å². The van der Waals surface area contributed by atoms with Crippen molar-refractivity contribution < 1.29 is 14.7 Å². The quantitative estimate of drug-likeness (QED) is 0.310. The summed E-state index contributed by atoms with van der Waals surface area (Å²) in [5, 5.41) is 12.5. The molecule has 2 amide bonds. The molecular weight excluding hydrogens is 495 g/mol. The first-order chi connectivity index (χ1) is 17.0. The number of rotatable bonds is 8. The predicted octanol–water partition coefficient (Wildman–Crippen LogP) is 8.41. The van der Waals surface area contributed by atoms with E-state index in [1.165, 1.54) is 5.56 Å². The first kappa shape index (κ1) is 27.3. The molecule has 0 unspecified atom stereocenters. The van der Waals surface area contributed by atoms with Crippen molar-refractivity contribution in [3.05, 3.63) is 99.5 Å². The van der Waals surface area contributed by atoms with Gasteiger partial charge in [0.25, 0.3) is 0 Å². The number of carboxylic acids is 1. The number of hydrogen-bond donors (Lipinski definition) is 2. The van der Waals surface area contributed by atoms with Crippen molar-refractivity contribution in [2.75, 3.05) is 10.2 Å². The third-order valence-corrected chi connectivity index (χ3v) is 6.00. The Hall–Kier alpha value is -3.28. The first-order valence-corrected chi connectivity index (χ1v) is 12.4. The van der Waals surface area contributed by atoms with Gasteiger partial charge in [-0.3, -0.25) is 9.69 Å². The van der Waals surface area contributed by atoms with E-state index in [0.717, 1.165) is 16.8 Å². The largest absolute Gasteiger partial charge is 0.481 e. The summed E-state index contributed by atoms with van der Waals surface area (Å²) in [6.07, 6.45) is 4.31. The number of halogens is 2. The van der Waals surface area contributed by atoms with E-state index in [1.54, 1.807) is 23.1 Å². The summed E-state index contributed by atoms with van der Waals surface area (Å²) in [7, 11) is 0. The Labute approximate surface area is 222 Å². The summed E-state index contributed by atoms with van der Waals surface area (Å²) < 4.78 is 0. The fourth-order valence-electron chi connectivity index (χ4n) is 3.58. The van der Waals surface area contributed by atoms with E-state index in [1.807, 2.05) is 60.7 Å². The molecule has 0 bridgehead atoms. The average molecular weight is 525 g/mol. The van der Waals surface area contributed by atoms with E-state index in [-0.39, 0.29) is 17.9 Å². The Bertz CT molecular complexity index is 1210. The van der Waals surface area contributed by atoms with Gasteiger partial charge in [-0.05, 0) is 58.9 Å². The highest BCUT2D eigenvalue weighted by Crippen LogP contribution is 2.27. The van der Waals surface area contributed by atoms with Gasteiger partial charge >= 0.3 is 12.0 Å². The van der Waals surface area contributed by atoms with Crippen LogP contribution in [0.2, 0.25) is 10.0 Å². The van der Waals surface area contributed by atoms with E-state index >= 15 is 0 Å². The maximum atomic E-state index is 13.4. The third kappa shape index (κ3) is 8.14. The van der Waals surface area contributed by atoms with Gasteiger partial charge in [-0.1, -0.05) is 92.5 Å². The van der Waals surface area contributed by atoms with Gasteiger partial charge in [-0.2, -0.15) is 0 Å². The van der Waals surface area contributed by atoms with E-state index in [4.69, 9.17) is 28.3 Å². The van der Waals surface area contributed by atoms with Crippen LogP contribution in [-0.2, 0) is 16.8 Å². The maximum absolute atomic E-state index is 13.4. The number of anilines is 2. The van der Waals surface area contributed by atoms with Gasteiger partial charge < -0.3 is 10.4 Å². The van der Waals surface area contributed by atoms with Crippen LogP contribution in [0.3, 0.4) is 0 Å². The van der Waals surface area contributed by atoms with E-state index in [9.17, 15) is 9.59 Å². The molecule has 0 saturated heterocycles. The molecule has 7 heteroatoms. The average Bonchev–Trinajstić information content (AvgIpc) is 2.80.